The predicted octanol–water partition coefficient (Wildman–Crippen LogP) is 2.61. The highest BCUT2D eigenvalue weighted by atomic mass is 35.5. The Morgan fingerprint density at radius 1 is 1.67 bits per heavy atom. The van der Waals surface area contributed by atoms with E-state index < -0.39 is 11.2 Å². The molecule has 0 radical (unpaired) electrons. The first-order chi connectivity index (χ1) is 5.59. The first kappa shape index (κ1) is 9.22. The van der Waals surface area contributed by atoms with Gasteiger partial charge in [0.25, 0.3) is 0 Å². The van der Waals surface area contributed by atoms with E-state index in [9.17, 15) is 9.18 Å². The second kappa shape index (κ2) is 3.69. The number of carbonyl (C=O) groups is 1. The Morgan fingerprint density at radius 2 is 2.33 bits per heavy atom. The number of hydrogen-bond donors (Lipinski definition) is 0. The molecule has 0 saturated carbocycles. The number of carbonyl (C=O) groups excluding carboxylic acids is 1. The van der Waals surface area contributed by atoms with Crippen LogP contribution < -0.4 is 4.74 Å². The molecule has 0 atom stereocenters. The van der Waals surface area contributed by atoms with Gasteiger partial charge in [0.05, 0.1) is 6.20 Å². The first-order valence-corrected chi connectivity index (χ1v) is 3.53. The van der Waals surface area contributed by atoms with Crippen molar-refractivity contribution < 1.29 is 13.9 Å². The molecule has 1 aromatic heterocycles. The quantitative estimate of drug-likeness (QED) is 0.528. The van der Waals surface area contributed by atoms with E-state index in [1.165, 1.54) is 0 Å². The van der Waals surface area contributed by atoms with Crippen LogP contribution >= 0.6 is 23.2 Å². The topological polar surface area (TPSA) is 39.2 Å². The molecule has 1 aromatic rings. The molecule has 0 bridgehead atoms. The van der Waals surface area contributed by atoms with Gasteiger partial charge >= 0.3 is 5.43 Å². The number of ether oxygens (including phenoxy) is 1. The van der Waals surface area contributed by atoms with Crippen molar-refractivity contribution in [3.63, 3.8) is 0 Å². The number of hydrogen-bond acceptors (Lipinski definition) is 3. The van der Waals surface area contributed by atoms with Crippen molar-refractivity contribution in [3.05, 3.63) is 23.2 Å². The normalized spacial score (nSPS) is 9.58. The van der Waals surface area contributed by atoms with Crippen molar-refractivity contribution in [3.8, 4) is 5.75 Å². The van der Waals surface area contributed by atoms with Crippen LogP contribution in [0.25, 0.3) is 0 Å². The molecule has 0 aromatic carbocycles. The van der Waals surface area contributed by atoms with Crippen molar-refractivity contribution >= 4 is 28.6 Å². The SMILES string of the molecule is O=C(Cl)Oc1cnc(Cl)c(F)c1. The molecule has 0 aliphatic carbocycles. The molecule has 64 valence electrons. The molecule has 6 heteroatoms. The zero-order valence-electron chi connectivity index (χ0n) is 5.55. The number of aromatic nitrogens is 1. The van der Waals surface area contributed by atoms with E-state index >= 15 is 0 Å². The lowest BCUT2D eigenvalue weighted by molar-refractivity contribution is 0.225. The number of pyridine rings is 1. The van der Waals surface area contributed by atoms with E-state index in [-0.39, 0.29) is 10.9 Å². The lowest BCUT2D eigenvalue weighted by Crippen LogP contribution is -1.97. The minimum absolute atomic E-state index is 0.0862. The van der Waals surface area contributed by atoms with E-state index in [2.05, 4.69) is 9.72 Å². The van der Waals surface area contributed by atoms with Gasteiger partial charge in [-0.1, -0.05) is 11.6 Å². The molecule has 1 heterocycles. The van der Waals surface area contributed by atoms with Gasteiger partial charge in [0.1, 0.15) is 0 Å². The van der Waals surface area contributed by atoms with E-state index in [0.29, 0.717) is 0 Å². The zero-order valence-corrected chi connectivity index (χ0v) is 7.06. The lowest BCUT2D eigenvalue weighted by atomic mass is 10.4. The van der Waals surface area contributed by atoms with Crippen molar-refractivity contribution in [1.29, 1.82) is 0 Å². The third kappa shape index (κ3) is 2.32. The summed E-state index contributed by atoms with van der Waals surface area (Å²) in [5.74, 6) is -0.857. The third-order valence-corrected chi connectivity index (χ3v) is 1.32. The third-order valence-electron chi connectivity index (χ3n) is 0.969. The van der Waals surface area contributed by atoms with Crippen LogP contribution in [-0.2, 0) is 0 Å². The fourth-order valence-electron chi connectivity index (χ4n) is 0.552. The summed E-state index contributed by atoms with van der Waals surface area (Å²) in [5.41, 5.74) is -1.06. The summed E-state index contributed by atoms with van der Waals surface area (Å²) in [5, 5.41) is -0.288. The standard InChI is InChI=1S/C6H2Cl2FNO2/c7-5-4(9)1-3(2-10-5)12-6(8)11/h1-2H. The molecule has 0 amide bonds. The minimum Gasteiger partial charge on any atom is -0.413 e. The molecule has 0 spiro atoms. The fraction of sp³-hybridized carbons (Fsp3) is 0. The van der Waals surface area contributed by atoms with E-state index in [4.69, 9.17) is 23.2 Å². The van der Waals surface area contributed by atoms with Gasteiger partial charge in [0.2, 0.25) is 0 Å². The minimum atomic E-state index is -1.06. The summed E-state index contributed by atoms with van der Waals surface area (Å²) in [6, 6.07) is 0.912. The van der Waals surface area contributed by atoms with Crippen LogP contribution in [-0.4, -0.2) is 10.4 Å². The molecule has 0 N–H and O–H groups in total. The second-order valence-corrected chi connectivity index (χ2v) is 2.45. The molecule has 0 fully saturated rings. The Morgan fingerprint density at radius 3 is 2.83 bits per heavy atom. The van der Waals surface area contributed by atoms with E-state index in [0.717, 1.165) is 12.3 Å². The fourth-order valence-corrected chi connectivity index (χ4v) is 0.745. The van der Waals surface area contributed by atoms with Crippen molar-refractivity contribution in [1.82, 2.24) is 4.98 Å². The molecule has 0 aliphatic heterocycles. The van der Waals surface area contributed by atoms with Gasteiger partial charge < -0.3 is 4.74 Å². The van der Waals surface area contributed by atoms with Crippen LogP contribution in [0, 0.1) is 5.82 Å². The van der Waals surface area contributed by atoms with Crippen LogP contribution in [0.1, 0.15) is 0 Å². The van der Waals surface area contributed by atoms with Crippen molar-refractivity contribution in [2.45, 2.75) is 0 Å². The van der Waals surface area contributed by atoms with Crippen molar-refractivity contribution in [2.75, 3.05) is 0 Å². The molecule has 1 rings (SSSR count). The molecule has 0 aliphatic rings. The number of halogens is 3. The maximum Gasteiger partial charge on any atom is 0.409 e. The molecule has 3 nitrogen and oxygen atoms in total. The largest absolute Gasteiger partial charge is 0.413 e. The van der Waals surface area contributed by atoms with Crippen LogP contribution in [0.15, 0.2) is 12.3 Å². The van der Waals surface area contributed by atoms with Gasteiger partial charge in [-0.05, 0) is 0 Å². The highest BCUT2D eigenvalue weighted by Gasteiger charge is 2.05. The Kier molecular flexibility index (Phi) is 2.83. The summed E-state index contributed by atoms with van der Waals surface area (Å²) < 4.78 is 16.9. The van der Waals surface area contributed by atoms with Gasteiger partial charge in [0, 0.05) is 17.7 Å². The highest BCUT2D eigenvalue weighted by Crippen LogP contribution is 2.17. The number of nitrogens with zero attached hydrogens (tertiary/aromatic N) is 1. The van der Waals surface area contributed by atoms with Crippen LogP contribution in [0.3, 0.4) is 0 Å². The molecular formula is C6H2Cl2FNO2. The Hall–Kier alpha value is -0.870. The summed E-state index contributed by atoms with van der Waals surface area (Å²) in [6.07, 6.45) is 1.09. The van der Waals surface area contributed by atoms with Crippen LogP contribution in [0.5, 0.6) is 5.75 Å². The Labute approximate surface area is 77.1 Å². The molecule has 0 saturated heterocycles. The number of rotatable bonds is 1. The molecule has 0 unspecified atom stereocenters. The Bertz CT molecular complexity index is 318. The monoisotopic (exact) mass is 209 g/mol. The van der Waals surface area contributed by atoms with Gasteiger partial charge in [-0.3, -0.25) is 0 Å². The lowest BCUT2D eigenvalue weighted by Gasteiger charge is -1.98. The van der Waals surface area contributed by atoms with Crippen LogP contribution in [0.2, 0.25) is 5.15 Å². The van der Waals surface area contributed by atoms with Gasteiger partial charge in [-0.15, -0.1) is 0 Å². The van der Waals surface area contributed by atoms with E-state index in [1.807, 2.05) is 0 Å². The average Bonchev–Trinajstić information content (AvgIpc) is 1.96. The maximum atomic E-state index is 12.6. The molecular weight excluding hydrogens is 208 g/mol. The van der Waals surface area contributed by atoms with Gasteiger partial charge in [0.15, 0.2) is 16.7 Å². The zero-order chi connectivity index (χ0) is 9.14. The second-order valence-electron chi connectivity index (χ2n) is 1.78. The summed E-state index contributed by atoms with van der Waals surface area (Å²) in [7, 11) is 0. The van der Waals surface area contributed by atoms with Crippen molar-refractivity contribution in [2.24, 2.45) is 0 Å². The maximum absolute atomic E-state index is 12.6. The van der Waals surface area contributed by atoms with Crippen LogP contribution in [0.4, 0.5) is 9.18 Å². The highest BCUT2D eigenvalue weighted by molar-refractivity contribution is 6.61. The summed E-state index contributed by atoms with van der Waals surface area (Å²) in [6.45, 7) is 0. The molecule has 12 heavy (non-hydrogen) atoms. The smallest absolute Gasteiger partial charge is 0.409 e. The average molecular weight is 210 g/mol. The predicted molar refractivity (Wildman–Crippen MR) is 41.1 cm³/mol. The van der Waals surface area contributed by atoms with Gasteiger partial charge in [-0.25, -0.2) is 14.2 Å². The van der Waals surface area contributed by atoms with E-state index in [1.54, 1.807) is 0 Å². The Balaban J connectivity index is 2.89. The first-order valence-electron chi connectivity index (χ1n) is 2.78. The van der Waals surface area contributed by atoms with Gasteiger partial charge in [-0.2, -0.15) is 0 Å². The summed E-state index contributed by atoms with van der Waals surface area (Å²) in [4.78, 5) is 13.6. The summed E-state index contributed by atoms with van der Waals surface area (Å²) >= 11 is 10.1.